The molecule has 1 fully saturated rings. The zero-order valence-electron chi connectivity index (χ0n) is 15.1. The maximum atomic E-state index is 14.2. The second-order valence-corrected chi connectivity index (χ2v) is 6.82. The van der Waals surface area contributed by atoms with E-state index < -0.39 is 5.82 Å². The van der Waals surface area contributed by atoms with Crippen molar-refractivity contribution in [1.29, 1.82) is 0 Å². The lowest BCUT2D eigenvalue weighted by atomic mass is 9.96. The molecule has 1 atom stereocenters. The number of piperidine rings is 1. The number of hydrogen-bond acceptors (Lipinski definition) is 3. The third-order valence-corrected chi connectivity index (χ3v) is 4.93. The number of nitrogens with zero attached hydrogens (tertiary/aromatic N) is 1. The van der Waals surface area contributed by atoms with Gasteiger partial charge in [-0.3, -0.25) is 14.4 Å². The Morgan fingerprint density at radius 1 is 1.07 bits per heavy atom. The first-order valence-electron chi connectivity index (χ1n) is 8.86. The number of halogens is 1. The lowest BCUT2D eigenvalue weighted by Crippen LogP contribution is -2.44. The van der Waals surface area contributed by atoms with Gasteiger partial charge in [0.1, 0.15) is 5.82 Å². The van der Waals surface area contributed by atoms with Crippen molar-refractivity contribution in [2.45, 2.75) is 19.8 Å². The average Bonchev–Trinajstić information content (AvgIpc) is 2.68. The summed E-state index contributed by atoms with van der Waals surface area (Å²) in [5.41, 5.74) is 7.15. The summed E-state index contributed by atoms with van der Waals surface area (Å²) < 4.78 is 14.2. The van der Waals surface area contributed by atoms with E-state index in [2.05, 4.69) is 0 Å². The number of likely N-dealkylation sites (tertiary alicyclic amines) is 1. The van der Waals surface area contributed by atoms with E-state index in [0.717, 1.165) is 6.42 Å². The van der Waals surface area contributed by atoms with Crippen LogP contribution in [0.4, 0.5) is 4.39 Å². The normalized spacial score (nSPS) is 16.8. The van der Waals surface area contributed by atoms with Gasteiger partial charge in [-0.15, -0.1) is 0 Å². The molecular formula is C21H21FN2O3. The highest BCUT2D eigenvalue weighted by Gasteiger charge is 2.27. The molecular weight excluding hydrogens is 347 g/mol. The molecule has 27 heavy (non-hydrogen) atoms. The number of nitrogens with two attached hydrogens (primary N) is 1. The molecule has 0 bridgehead atoms. The molecule has 6 heteroatoms. The number of benzene rings is 2. The molecule has 0 aliphatic carbocycles. The molecule has 1 aliphatic heterocycles. The summed E-state index contributed by atoms with van der Waals surface area (Å²) in [6.45, 7) is 2.33. The van der Waals surface area contributed by atoms with Crippen LogP contribution >= 0.6 is 0 Å². The smallest absolute Gasteiger partial charge is 0.253 e. The van der Waals surface area contributed by atoms with Crippen LogP contribution in [-0.4, -0.2) is 35.6 Å². The number of primary amides is 1. The van der Waals surface area contributed by atoms with Gasteiger partial charge in [0, 0.05) is 29.8 Å². The Morgan fingerprint density at radius 2 is 1.74 bits per heavy atom. The highest BCUT2D eigenvalue weighted by molar-refractivity contribution is 5.96. The molecule has 0 radical (unpaired) electrons. The Labute approximate surface area is 157 Å². The van der Waals surface area contributed by atoms with Crippen LogP contribution in [0.3, 0.4) is 0 Å². The number of Topliss-reactive ketones (excluding diaryl/α,β-unsaturated/α-hetero) is 1. The van der Waals surface area contributed by atoms with Crippen molar-refractivity contribution in [3.05, 3.63) is 59.4 Å². The van der Waals surface area contributed by atoms with Crippen LogP contribution in [0.2, 0.25) is 0 Å². The van der Waals surface area contributed by atoms with E-state index in [-0.39, 0.29) is 23.5 Å². The molecule has 3 rings (SSSR count). The van der Waals surface area contributed by atoms with Crippen LogP contribution < -0.4 is 5.73 Å². The maximum absolute atomic E-state index is 14.2. The Balaban J connectivity index is 1.81. The minimum absolute atomic E-state index is 0.142. The fourth-order valence-electron chi connectivity index (χ4n) is 3.33. The lowest BCUT2D eigenvalue weighted by molar-refractivity contribution is -0.123. The predicted molar refractivity (Wildman–Crippen MR) is 99.7 cm³/mol. The van der Waals surface area contributed by atoms with E-state index in [1.165, 1.54) is 25.1 Å². The summed E-state index contributed by atoms with van der Waals surface area (Å²) in [6, 6.07) is 10.8. The van der Waals surface area contributed by atoms with Crippen LogP contribution in [0.1, 0.15) is 40.5 Å². The molecule has 0 saturated carbocycles. The Morgan fingerprint density at radius 3 is 2.37 bits per heavy atom. The molecule has 0 aromatic heterocycles. The van der Waals surface area contributed by atoms with E-state index in [9.17, 15) is 18.8 Å². The predicted octanol–water partition coefficient (Wildman–Crippen LogP) is 3.03. The van der Waals surface area contributed by atoms with Crippen LogP contribution in [0.5, 0.6) is 0 Å². The average molecular weight is 368 g/mol. The van der Waals surface area contributed by atoms with E-state index in [1.54, 1.807) is 29.2 Å². The second-order valence-electron chi connectivity index (χ2n) is 6.82. The maximum Gasteiger partial charge on any atom is 0.253 e. The molecule has 0 spiro atoms. The van der Waals surface area contributed by atoms with Gasteiger partial charge in [0.15, 0.2) is 5.78 Å². The Bertz CT molecular complexity index is 893. The molecule has 2 N–H and O–H groups in total. The topological polar surface area (TPSA) is 80.5 Å². The standard InChI is InChI=1S/C21H21FN2O3/c1-13(25)16-8-9-19(22)18(11-16)14-4-6-15(7-5-14)21(27)24-10-2-3-17(12-24)20(23)26/h4-9,11,17H,2-3,10,12H2,1H3,(H2,23,26). The highest BCUT2D eigenvalue weighted by atomic mass is 19.1. The van der Waals surface area contributed by atoms with Gasteiger partial charge in [-0.05, 0) is 55.7 Å². The van der Waals surface area contributed by atoms with E-state index in [4.69, 9.17) is 5.73 Å². The van der Waals surface area contributed by atoms with Gasteiger partial charge in [0.25, 0.3) is 5.91 Å². The number of amides is 2. The summed E-state index contributed by atoms with van der Waals surface area (Å²) in [6.07, 6.45) is 1.43. The van der Waals surface area contributed by atoms with Gasteiger partial charge in [-0.2, -0.15) is 0 Å². The van der Waals surface area contributed by atoms with Gasteiger partial charge < -0.3 is 10.6 Å². The van der Waals surface area contributed by atoms with E-state index >= 15 is 0 Å². The first-order chi connectivity index (χ1) is 12.9. The Hall–Kier alpha value is -3.02. The summed E-state index contributed by atoms with van der Waals surface area (Å²) in [5, 5.41) is 0. The van der Waals surface area contributed by atoms with Gasteiger partial charge in [-0.25, -0.2) is 4.39 Å². The molecule has 140 valence electrons. The molecule has 1 aliphatic rings. The molecule has 2 amide bonds. The molecule has 1 unspecified atom stereocenters. The molecule has 1 saturated heterocycles. The van der Waals surface area contributed by atoms with Crippen molar-refractivity contribution in [2.24, 2.45) is 11.7 Å². The number of carbonyl (C=O) groups is 3. The zero-order chi connectivity index (χ0) is 19.6. The summed E-state index contributed by atoms with van der Waals surface area (Å²) in [7, 11) is 0. The van der Waals surface area contributed by atoms with Crippen LogP contribution in [0.15, 0.2) is 42.5 Å². The van der Waals surface area contributed by atoms with Crippen LogP contribution in [0.25, 0.3) is 11.1 Å². The van der Waals surface area contributed by atoms with Crippen LogP contribution in [0, 0.1) is 11.7 Å². The zero-order valence-corrected chi connectivity index (χ0v) is 15.1. The minimum Gasteiger partial charge on any atom is -0.369 e. The third-order valence-electron chi connectivity index (χ3n) is 4.93. The highest BCUT2D eigenvalue weighted by Crippen LogP contribution is 2.26. The Kier molecular flexibility index (Phi) is 5.35. The van der Waals surface area contributed by atoms with Crippen LogP contribution in [-0.2, 0) is 4.79 Å². The number of carbonyl (C=O) groups excluding carboxylic acids is 3. The van der Waals surface area contributed by atoms with Crippen molar-refractivity contribution in [2.75, 3.05) is 13.1 Å². The summed E-state index contributed by atoms with van der Waals surface area (Å²) in [4.78, 5) is 37.2. The van der Waals surface area contributed by atoms with Crippen molar-refractivity contribution < 1.29 is 18.8 Å². The van der Waals surface area contributed by atoms with Crippen molar-refractivity contribution >= 4 is 17.6 Å². The second kappa shape index (κ2) is 7.70. The SMILES string of the molecule is CC(=O)c1ccc(F)c(-c2ccc(C(=O)N3CCCC(C(N)=O)C3)cc2)c1. The first kappa shape index (κ1) is 18.8. The first-order valence-corrected chi connectivity index (χ1v) is 8.86. The van der Waals surface area contributed by atoms with Crippen molar-refractivity contribution in [3.8, 4) is 11.1 Å². The summed E-state index contributed by atoms with van der Waals surface area (Å²) >= 11 is 0. The van der Waals surface area contributed by atoms with Gasteiger partial charge in [0.05, 0.1) is 5.92 Å². The molecule has 5 nitrogen and oxygen atoms in total. The lowest BCUT2D eigenvalue weighted by Gasteiger charge is -2.31. The van der Waals surface area contributed by atoms with Crippen molar-refractivity contribution in [3.63, 3.8) is 0 Å². The number of ketones is 1. The number of hydrogen-bond donors (Lipinski definition) is 1. The summed E-state index contributed by atoms with van der Waals surface area (Å²) in [5.74, 6) is -1.45. The largest absolute Gasteiger partial charge is 0.369 e. The fraction of sp³-hybridized carbons (Fsp3) is 0.286. The quantitative estimate of drug-likeness (QED) is 0.843. The van der Waals surface area contributed by atoms with Gasteiger partial charge in [0.2, 0.25) is 5.91 Å². The minimum atomic E-state index is -0.431. The fourth-order valence-corrected chi connectivity index (χ4v) is 3.33. The third kappa shape index (κ3) is 4.05. The van der Waals surface area contributed by atoms with Gasteiger partial charge in [-0.1, -0.05) is 12.1 Å². The number of rotatable bonds is 4. The monoisotopic (exact) mass is 368 g/mol. The molecule has 2 aromatic carbocycles. The van der Waals surface area contributed by atoms with Crippen molar-refractivity contribution in [1.82, 2.24) is 4.90 Å². The molecule has 2 aromatic rings. The van der Waals surface area contributed by atoms with E-state index in [1.807, 2.05) is 0 Å². The van der Waals surface area contributed by atoms with E-state index in [0.29, 0.717) is 41.8 Å². The molecule has 1 heterocycles. The van der Waals surface area contributed by atoms with Gasteiger partial charge >= 0.3 is 0 Å².